The second kappa shape index (κ2) is 9.55. The van der Waals surface area contributed by atoms with E-state index in [4.69, 9.17) is 11.6 Å². The van der Waals surface area contributed by atoms with Crippen molar-refractivity contribution in [2.45, 2.75) is 5.75 Å². The number of carbonyl (C=O) groups excluding carboxylic acids is 2. The summed E-state index contributed by atoms with van der Waals surface area (Å²) in [7, 11) is 0. The number of thioether (sulfide) groups is 1. The highest BCUT2D eigenvalue weighted by Crippen LogP contribution is 2.17. The van der Waals surface area contributed by atoms with Gasteiger partial charge in [-0.25, -0.2) is 4.98 Å². The van der Waals surface area contributed by atoms with Crippen LogP contribution in [0.5, 0.6) is 0 Å². The number of nitrogens with zero attached hydrogens (tertiary/aromatic N) is 1. The molecule has 0 radical (unpaired) electrons. The predicted molar refractivity (Wildman–Crippen MR) is 113 cm³/mol. The molecule has 0 spiro atoms. The molecular weight excluding hydrogens is 402 g/mol. The Hall–Kier alpha value is -2.35. The molecule has 1 heterocycles. The molecule has 2 aromatic carbocycles. The summed E-state index contributed by atoms with van der Waals surface area (Å²) in [6, 6.07) is 14.3. The number of rotatable bonds is 7. The van der Waals surface area contributed by atoms with Crippen LogP contribution in [-0.4, -0.2) is 22.6 Å². The fraction of sp³-hybridized carbons (Fsp3) is 0.105. The molecule has 0 aliphatic heterocycles. The Kier molecular flexibility index (Phi) is 6.86. The summed E-state index contributed by atoms with van der Waals surface area (Å²) in [4.78, 5) is 28.1. The van der Waals surface area contributed by atoms with Crippen molar-refractivity contribution in [2.75, 3.05) is 16.4 Å². The van der Waals surface area contributed by atoms with E-state index in [1.54, 1.807) is 48.0 Å². The summed E-state index contributed by atoms with van der Waals surface area (Å²) in [5.41, 5.74) is 2.34. The summed E-state index contributed by atoms with van der Waals surface area (Å²) in [5, 5.41) is 8.58. The van der Waals surface area contributed by atoms with Gasteiger partial charge >= 0.3 is 0 Å². The molecule has 1 aromatic heterocycles. The minimum absolute atomic E-state index is 0.0678. The smallest absolute Gasteiger partial charge is 0.257 e. The van der Waals surface area contributed by atoms with Gasteiger partial charge in [0.25, 0.3) is 5.91 Å². The average Bonchev–Trinajstić information content (AvgIpc) is 3.17. The van der Waals surface area contributed by atoms with Crippen LogP contribution >= 0.6 is 34.7 Å². The van der Waals surface area contributed by atoms with Crippen molar-refractivity contribution >= 4 is 57.3 Å². The Balaban J connectivity index is 1.43. The number of carbonyl (C=O) groups is 2. The van der Waals surface area contributed by atoms with Crippen LogP contribution in [0.4, 0.5) is 10.8 Å². The maximum absolute atomic E-state index is 12.1. The molecule has 0 saturated heterocycles. The highest BCUT2D eigenvalue weighted by molar-refractivity contribution is 7.99. The van der Waals surface area contributed by atoms with Gasteiger partial charge in [0.15, 0.2) is 5.13 Å². The molecule has 2 N–H and O–H groups in total. The zero-order valence-electron chi connectivity index (χ0n) is 14.1. The van der Waals surface area contributed by atoms with Crippen LogP contribution in [0.15, 0.2) is 60.1 Å². The van der Waals surface area contributed by atoms with Gasteiger partial charge in [0.05, 0.1) is 5.75 Å². The summed E-state index contributed by atoms with van der Waals surface area (Å²) in [6.07, 6.45) is 1.64. The molecule has 27 heavy (non-hydrogen) atoms. The van der Waals surface area contributed by atoms with Gasteiger partial charge in [0, 0.05) is 33.6 Å². The summed E-state index contributed by atoms with van der Waals surface area (Å²) < 4.78 is 0. The first-order chi connectivity index (χ1) is 13.1. The number of hydrogen-bond donors (Lipinski definition) is 2. The van der Waals surface area contributed by atoms with E-state index in [9.17, 15) is 9.59 Å². The number of halogens is 1. The van der Waals surface area contributed by atoms with E-state index in [1.807, 2.05) is 12.1 Å². The third-order valence-electron chi connectivity index (χ3n) is 3.50. The number of amides is 2. The van der Waals surface area contributed by atoms with Crippen molar-refractivity contribution in [3.05, 3.63) is 76.3 Å². The number of benzene rings is 2. The fourth-order valence-corrected chi connectivity index (χ4v) is 3.64. The molecule has 8 heteroatoms. The molecule has 0 saturated carbocycles. The van der Waals surface area contributed by atoms with Crippen LogP contribution in [0.1, 0.15) is 15.9 Å². The molecule has 0 aliphatic carbocycles. The molecule has 3 rings (SSSR count). The Morgan fingerprint density at radius 1 is 1.04 bits per heavy atom. The Bertz CT molecular complexity index is 898. The van der Waals surface area contributed by atoms with E-state index in [2.05, 4.69) is 15.6 Å². The van der Waals surface area contributed by atoms with Crippen LogP contribution in [0, 0.1) is 0 Å². The first kappa shape index (κ1) is 19.4. The Morgan fingerprint density at radius 2 is 1.78 bits per heavy atom. The lowest BCUT2D eigenvalue weighted by Gasteiger charge is -2.06. The van der Waals surface area contributed by atoms with Crippen LogP contribution < -0.4 is 10.6 Å². The average molecular weight is 418 g/mol. The van der Waals surface area contributed by atoms with E-state index in [0.29, 0.717) is 27.2 Å². The van der Waals surface area contributed by atoms with Gasteiger partial charge in [-0.05, 0) is 42.0 Å². The highest BCUT2D eigenvalue weighted by atomic mass is 35.5. The van der Waals surface area contributed by atoms with Gasteiger partial charge < -0.3 is 5.32 Å². The van der Waals surface area contributed by atoms with E-state index in [-0.39, 0.29) is 11.8 Å². The minimum atomic E-state index is -0.188. The van der Waals surface area contributed by atoms with Gasteiger partial charge in [-0.15, -0.1) is 23.1 Å². The minimum Gasteiger partial charge on any atom is -0.325 e. The third-order valence-corrected chi connectivity index (χ3v) is 5.44. The van der Waals surface area contributed by atoms with Crippen LogP contribution in [0.25, 0.3) is 0 Å². The number of anilines is 2. The third kappa shape index (κ3) is 6.09. The molecule has 138 valence electrons. The normalized spacial score (nSPS) is 10.4. The molecule has 0 aliphatic rings. The lowest BCUT2D eigenvalue weighted by molar-refractivity contribution is -0.113. The summed E-state index contributed by atoms with van der Waals surface area (Å²) in [6.45, 7) is 0. The van der Waals surface area contributed by atoms with E-state index in [1.165, 1.54) is 23.1 Å². The van der Waals surface area contributed by atoms with Gasteiger partial charge in [-0.2, -0.15) is 0 Å². The Labute approximate surface area is 170 Å². The number of thiazole rings is 1. The quantitative estimate of drug-likeness (QED) is 0.572. The zero-order chi connectivity index (χ0) is 19.1. The molecular formula is C19H16ClN3O2S2. The van der Waals surface area contributed by atoms with Crippen LogP contribution in [0.2, 0.25) is 5.02 Å². The van der Waals surface area contributed by atoms with Gasteiger partial charge in [-0.3, -0.25) is 14.9 Å². The van der Waals surface area contributed by atoms with Gasteiger partial charge in [-0.1, -0.05) is 23.7 Å². The maximum Gasteiger partial charge on any atom is 0.257 e. The first-order valence-electron chi connectivity index (χ1n) is 8.03. The summed E-state index contributed by atoms with van der Waals surface area (Å²) in [5.74, 6) is 0.769. The van der Waals surface area contributed by atoms with Crippen molar-refractivity contribution < 1.29 is 9.59 Å². The predicted octanol–water partition coefficient (Wildman–Crippen LogP) is 4.92. The number of nitrogens with one attached hydrogen (secondary N) is 2. The molecule has 0 unspecified atom stereocenters. The number of aromatic nitrogens is 1. The largest absolute Gasteiger partial charge is 0.325 e. The molecule has 5 nitrogen and oxygen atoms in total. The maximum atomic E-state index is 12.1. The first-order valence-corrected chi connectivity index (χ1v) is 10.4. The molecule has 0 fully saturated rings. The summed E-state index contributed by atoms with van der Waals surface area (Å²) >= 11 is 8.70. The van der Waals surface area contributed by atoms with Crippen molar-refractivity contribution in [3.8, 4) is 0 Å². The van der Waals surface area contributed by atoms with Gasteiger partial charge in [0.2, 0.25) is 5.91 Å². The fourth-order valence-electron chi connectivity index (χ4n) is 2.20. The van der Waals surface area contributed by atoms with E-state index < -0.39 is 0 Å². The topological polar surface area (TPSA) is 71.1 Å². The SMILES string of the molecule is O=C(CSCc1ccc(C(=O)Nc2nccs2)cc1)Nc1ccc(Cl)cc1. The van der Waals surface area contributed by atoms with Crippen LogP contribution in [-0.2, 0) is 10.5 Å². The monoisotopic (exact) mass is 417 g/mol. The lowest BCUT2D eigenvalue weighted by Crippen LogP contribution is -2.14. The van der Waals surface area contributed by atoms with Crippen molar-refractivity contribution in [2.24, 2.45) is 0 Å². The molecule has 0 bridgehead atoms. The van der Waals surface area contributed by atoms with Crippen molar-refractivity contribution in [1.29, 1.82) is 0 Å². The van der Waals surface area contributed by atoms with Crippen molar-refractivity contribution in [1.82, 2.24) is 4.98 Å². The van der Waals surface area contributed by atoms with E-state index in [0.717, 1.165) is 11.3 Å². The number of hydrogen-bond acceptors (Lipinski definition) is 5. The second-order valence-electron chi connectivity index (χ2n) is 5.54. The van der Waals surface area contributed by atoms with Crippen LogP contribution in [0.3, 0.4) is 0 Å². The molecule has 2 amide bonds. The van der Waals surface area contributed by atoms with E-state index >= 15 is 0 Å². The lowest BCUT2D eigenvalue weighted by atomic mass is 10.1. The Morgan fingerprint density at radius 3 is 2.44 bits per heavy atom. The van der Waals surface area contributed by atoms with Crippen molar-refractivity contribution in [3.63, 3.8) is 0 Å². The van der Waals surface area contributed by atoms with Gasteiger partial charge in [0.1, 0.15) is 0 Å². The molecule has 3 aromatic rings. The molecule has 0 atom stereocenters. The standard InChI is InChI=1S/C19H16ClN3O2S2/c20-15-5-7-16(8-6-15)22-17(24)12-26-11-13-1-3-14(4-2-13)18(25)23-19-21-9-10-27-19/h1-10H,11-12H2,(H,22,24)(H,21,23,25). The zero-order valence-corrected chi connectivity index (χ0v) is 16.5. The second-order valence-corrected chi connectivity index (χ2v) is 7.85. The highest BCUT2D eigenvalue weighted by Gasteiger charge is 2.08.